The molecule has 1 amide bonds. The second-order valence-corrected chi connectivity index (χ2v) is 3.02. The van der Waals surface area contributed by atoms with E-state index in [0.29, 0.717) is 6.54 Å². The summed E-state index contributed by atoms with van der Waals surface area (Å²) >= 11 is 0. The first-order valence-electron chi connectivity index (χ1n) is 4.46. The van der Waals surface area contributed by atoms with Crippen molar-refractivity contribution in [3.8, 4) is 0 Å². The van der Waals surface area contributed by atoms with Gasteiger partial charge < -0.3 is 15.7 Å². The van der Waals surface area contributed by atoms with Crippen LogP contribution >= 0.6 is 0 Å². The Morgan fingerprint density at radius 3 is 3.00 bits per heavy atom. The third-order valence-electron chi connectivity index (χ3n) is 2.04. The topological polar surface area (TPSA) is 61.4 Å². The predicted molar refractivity (Wildman–Crippen MR) is 45.7 cm³/mol. The lowest BCUT2D eigenvalue weighted by molar-refractivity contribution is -0.123. The molecule has 0 aromatic rings. The highest BCUT2D eigenvalue weighted by Gasteiger charge is 2.19. The minimum absolute atomic E-state index is 0.0124. The summed E-state index contributed by atoms with van der Waals surface area (Å²) in [6.07, 6.45) is 3.19. The van der Waals surface area contributed by atoms with Crippen LogP contribution in [0.1, 0.15) is 19.3 Å². The van der Waals surface area contributed by atoms with E-state index in [-0.39, 0.29) is 18.6 Å². The van der Waals surface area contributed by atoms with E-state index in [2.05, 4.69) is 10.6 Å². The zero-order valence-corrected chi connectivity index (χ0v) is 7.18. The van der Waals surface area contributed by atoms with E-state index in [0.717, 1.165) is 25.8 Å². The number of nitrogens with one attached hydrogen (secondary N) is 2. The molecule has 4 heteroatoms. The molecule has 12 heavy (non-hydrogen) atoms. The summed E-state index contributed by atoms with van der Waals surface area (Å²) in [6.45, 7) is 1.30. The molecule has 0 aliphatic carbocycles. The summed E-state index contributed by atoms with van der Waals surface area (Å²) in [6, 6.07) is -0.0368. The lowest BCUT2D eigenvalue weighted by atomic mass is 10.0. The first kappa shape index (κ1) is 9.48. The van der Waals surface area contributed by atoms with Gasteiger partial charge in [0.15, 0.2) is 0 Å². The fraction of sp³-hybridized carbons (Fsp3) is 0.875. The number of amides is 1. The summed E-state index contributed by atoms with van der Waals surface area (Å²) in [5.74, 6) is 0.0174. The van der Waals surface area contributed by atoms with Gasteiger partial charge >= 0.3 is 0 Å². The highest BCUT2D eigenvalue weighted by atomic mass is 16.3. The monoisotopic (exact) mass is 172 g/mol. The summed E-state index contributed by atoms with van der Waals surface area (Å²) in [5.41, 5.74) is 0. The number of hydrogen-bond acceptors (Lipinski definition) is 3. The highest BCUT2D eigenvalue weighted by molar-refractivity contribution is 5.81. The van der Waals surface area contributed by atoms with E-state index >= 15 is 0 Å². The van der Waals surface area contributed by atoms with Crippen LogP contribution in [0, 0.1) is 0 Å². The smallest absolute Gasteiger partial charge is 0.237 e. The molecule has 0 aromatic carbocycles. The standard InChI is InChI=1S/C8H16N2O2/c11-6-5-10-8(12)7-3-1-2-4-9-7/h7,9,11H,1-6H2,(H,10,12)/t7-/m1/s1. The molecule has 1 saturated heterocycles. The Morgan fingerprint density at radius 2 is 2.42 bits per heavy atom. The van der Waals surface area contributed by atoms with Crippen LogP contribution in [0.15, 0.2) is 0 Å². The maximum atomic E-state index is 11.3. The molecule has 1 aliphatic rings. The molecule has 70 valence electrons. The van der Waals surface area contributed by atoms with E-state index in [1.54, 1.807) is 0 Å². The van der Waals surface area contributed by atoms with Gasteiger partial charge in [-0.25, -0.2) is 0 Å². The van der Waals surface area contributed by atoms with Crippen molar-refractivity contribution in [1.29, 1.82) is 0 Å². The van der Waals surface area contributed by atoms with Gasteiger partial charge in [-0.3, -0.25) is 4.79 Å². The molecule has 1 aliphatic heterocycles. The van der Waals surface area contributed by atoms with Gasteiger partial charge in [-0.15, -0.1) is 0 Å². The van der Waals surface area contributed by atoms with E-state index in [9.17, 15) is 4.79 Å². The molecule has 0 aromatic heterocycles. The molecule has 0 radical (unpaired) electrons. The quantitative estimate of drug-likeness (QED) is 0.524. The van der Waals surface area contributed by atoms with Crippen LogP contribution in [0.5, 0.6) is 0 Å². The molecule has 1 heterocycles. The third kappa shape index (κ3) is 2.79. The Hall–Kier alpha value is -0.610. The lowest BCUT2D eigenvalue weighted by Gasteiger charge is -2.22. The Labute approximate surface area is 72.3 Å². The SMILES string of the molecule is O=C(NCCO)[C@H]1CCCCN1. The van der Waals surface area contributed by atoms with Gasteiger partial charge in [0.05, 0.1) is 12.6 Å². The molecule has 3 N–H and O–H groups in total. The first-order chi connectivity index (χ1) is 5.84. The van der Waals surface area contributed by atoms with Crippen LogP contribution in [0.25, 0.3) is 0 Å². The van der Waals surface area contributed by atoms with E-state index in [1.165, 1.54) is 0 Å². The van der Waals surface area contributed by atoms with Crippen molar-refractivity contribution in [3.63, 3.8) is 0 Å². The van der Waals surface area contributed by atoms with Crippen molar-refractivity contribution >= 4 is 5.91 Å². The van der Waals surface area contributed by atoms with Crippen molar-refractivity contribution in [2.75, 3.05) is 19.7 Å². The fourth-order valence-corrected chi connectivity index (χ4v) is 1.38. The molecule has 1 fully saturated rings. The van der Waals surface area contributed by atoms with E-state index < -0.39 is 0 Å². The van der Waals surface area contributed by atoms with Gasteiger partial charge in [-0.05, 0) is 19.4 Å². The molecule has 0 unspecified atom stereocenters. The number of piperidine rings is 1. The Bertz CT molecular complexity index is 144. The zero-order valence-electron chi connectivity index (χ0n) is 7.18. The van der Waals surface area contributed by atoms with Crippen molar-refractivity contribution in [2.45, 2.75) is 25.3 Å². The molecule has 0 bridgehead atoms. The predicted octanol–water partition coefficient (Wildman–Crippen LogP) is -0.763. The van der Waals surface area contributed by atoms with Gasteiger partial charge in [-0.2, -0.15) is 0 Å². The second-order valence-electron chi connectivity index (χ2n) is 3.02. The van der Waals surface area contributed by atoms with Gasteiger partial charge in [0, 0.05) is 6.54 Å². The van der Waals surface area contributed by atoms with Gasteiger partial charge in [-0.1, -0.05) is 6.42 Å². The molecule has 1 rings (SSSR count). The van der Waals surface area contributed by atoms with Gasteiger partial charge in [0.1, 0.15) is 0 Å². The molecule has 0 spiro atoms. The van der Waals surface area contributed by atoms with Crippen LogP contribution in [-0.4, -0.2) is 36.8 Å². The summed E-state index contributed by atoms with van der Waals surface area (Å²) in [4.78, 5) is 11.3. The highest BCUT2D eigenvalue weighted by Crippen LogP contribution is 2.06. The second kappa shape index (κ2) is 5.11. The number of aliphatic hydroxyl groups is 1. The summed E-state index contributed by atoms with van der Waals surface area (Å²) in [7, 11) is 0. The largest absolute Gasteiger partial charge is 0.395 e. The number of hydrogen-bond donors (Lipinski definition) is 3. The number of rotatable bonds is 3. The number of carbonyl (C=O) groups excluding carboxylic acids is 1. The summed E-state index contributed by atoms with van der Waals surface area (Å²) in [5, 5.41) is 14.3. The minimum Gasteiger partial charge on any atom is -0.395 e. The average molecular weight is 172 g/mol. The van der Waals surface area contributed by atoms with Crippen molar-refractivity contribution < 1.29 is 9.90 Å². The average Bonchev–Trinajstić information content (AvgIpc) is 2.15. The van der Waals surface area contributed by atoms with Crippen LogP contribution in [0.3, 0.4) is 0 Å². The lowest BCUT2D eigenvalue weighted by Crippen LogP contribution is -2.47. The molecular formula is C8H16N2O2. The van der Waals surface area contributed by atoms with Crippen LogP contribution < -0.4 is 10.6 Å². The molecule has 4 nitrogen and oxygen atoms in total. The maximum absolute atomic E-state index is 11.3. The Kier molecular flexibility index (Phi) is 4.04. The fourth-order valence-electron chi connectivity index (χ4n) is 1.38. The number of carbonyl (C=O) groups is 1. The van der Waals surface area contributed by atoms with Crippen LogP contribution in [-0.2, 0) is 4.79 Å². The molecular weight excluding hydrogens is 156 g/mol. The molecule has 1 atom stereocenters. The van der Waals surface area contributed by atoms with Crippen LogP contribution in [0.2, 0.25) is 0 Å². The zero-order chi connectivity index (χ0) is 8.81. The first-order valence-corrected chi connectivity index (χ1v) is 4.46. The molecule has 0 saturated carbocycles. The van der Waals surface area contributed by atoms with E-state index in [4.69, 9.17) is 5.11 Å². The van der Waals surface area contributed by atoms with Crippen molar-refractivity contribution in [1.82, 2.24) is 10.6 Å². The van der Waals surface area contributed by atoms with Gasteiger partial charge in [0.25, 0.3) is 0 Å². The summed E-state index contributed by atoms with van der Waals surface area (Å²) < 4.78 is 0. The van der Waals surface area contributed by atoms with Crippen LogP contribution in [0.4, 0.5) is 0 Å². The minimum atomic E-state index is -0.0368. The van der Waals surface area contributed by atoms with Crippen molar-refractivity contribution in [2.24, 2.45) is 0 Å². The number of aliphatic hydroxyl groups excluding tert-OH is 1. The third-order valence-corrected chi connectivity index (χ3v) is 2.04. The Balaban J connectivity index is 2.20. The normalized spacial score (nSPS) is 23.6. The van der Waals surface area contributed by atoms with Gasteiger partial charge in [0.2, 0.25) is 5.91 Å². The maximum Gasteiger partial charge on any atom is 0.237 e. The Morgan fingerprint density at radius 1 is 1.58 bits per heavy atom. The van der Waals surface area contributed by atoms with Crippen molar-refractivity contribution in [3.05, 3.63) is 0 Å². The van der Waals surface area contributed by atoms with E-state index in [1.807, 2.05) is 0 Å².